The third-order valence-electron chi connectivity index (χ3n) is 5.29. The lowest BCUT2D eigenvalue weighted by Gasteiger charge is -2.53. The van der Waals surface area contributed by atoms with Crippen LogP contribution in [-0.4, -0.2) is 36.2 Å². The van der Waals surface area contributed by atoms with Gasteiger partial charge in [0.15, 0.2) is 5.60 Å². The van der Waals surface area contributed by atoms with E-state index in [0.29, 0.717) is 6.54 Å². The summed E-state index contributed by atoms with van der Waals surface area (Å²) in [6.45, 7) is 2.52. The minimum atomic E-state index is -4.49. The summed E-state index contributed by atoms with van der Waals surface area (Å²) in [5.41, 5.74) is 4.52. The van der Waals surface area contributed by atoms with E-state index in [1.165, 1.54) is 12.1 Å². The molecular weight excluding hydrogens is 335 g/mol. The Morgan fingerprint density at radius 2 is 1.96 bits per heavy atom. The van der Waals surface area contributed by atoms with Crippen molar-refractivity contribution < 1.29 is 22.7 Å². The van der Waals surface area contributed by atoms with Crippen LogP contribution in [0.3, 0.4) is 0 Å². The van der Waals surface area contributed by atoms with Gasteiger partial charge >= 0.3 is 12.3 Å². The van der Waals surface area contributed by atoms with Crippen LogP contribution in [0.1, 0.15) is 18.4 Å². The quantitative estimate of drug-likeness (QED) is 0.843. The van der Waals surface area contributed by atoms with Crippen LogP contribution in [0.25, 0.3) is 0 Å². The van der Waals surface area contributed by atoms with Crippen molar-refractivity contribution in [2.24, 2.45) is 11.7 Å². The van der Waals surface area contributed by atoms with Crippen LogP contribution in [0.2, 0.25) is 0 Å². The standard InChI is InChI=1S/C17H18F3N3O2/c18-17(19,20)12-2-1-3-13(8-12)23-14(21)9-16(25-15(23)24)10-22-6-4-11(16)5-7-22/h1-3,8-9,11H,4-7,10,21H2. The SMILES string of the molecule is NC1=CC2(CN3CCC2CC3)OC(=O)N1c1cccc(C(F)(F)F)c1. The van der Waals surface area contributed by atoms with Gasteiger partial charge in [0.2, 0.25) is 0 Å². The largest absolute Gasteiger partial charge is 0.436 e. The third-order valence-corrected chi connectivity index (χ3v) is 5.29. The van der Waals surface area contributed by atoms with Crippen LogP contribution in [0.4, 0.5) is 23.7 Å². The van der Waals surface area contributed by atoms with Gasteiger partial charge in [0.25, 0.3) is 0 Å². The van der Waals surface area contributed by atoms with Crippen molar-refractivity contribution in [3.05, 3.63) is 41.7 Å². The van der Waals surface area contributed by atoms with E-state index < -0.39 is 23.4 Å². The van der Waals surface area contributed by atoms with E-state index in [0.717, 1.165) is 43.0 Å². The van der Waals surface area contributed by atoms with Gasteiger partial charge in [-0.3, -0.25) is 4.90 Å². The Morgan fingerprint density at radius 1 is 1.24 bits per heavy atom. The summed E-state index contributed by atoms with van der Waals surface area (Å²) in [6, 6.07) is 4.51. The van der Waals surface area contributed by atoms with Gasteiger partial charge in [-0.2, -0.15) is 13.2 Å². The molecular formula is C17H18F3N3O2. The maximum Gasteiger partial charge on any atom is 0.421 e. The Hall–Kier alpha value is -2.22. The number of rotatable bonds is 1. The molecule has 0 saturated carbocycles. The van der Waals surface area contributed by atoms with E-state index in [1.54, 1.807) is 6.08 Å². The number of carbonyl (C=O) groups excluding carboxylic acids is 1. The zero-order chi connectivity index (χ0) is 17.8. The molecule has 1 amide bonds. The Labute approximate surface area is 142 Å². The van der Waals surface area contributed by atoms with Gasteiger partial charge in [0, 0.05) is 18.5 Å². The fraction of sp³-hybridized carbons (Fsp3) is 0.471. The van der Waals surface area contributed by atoms with Gasteiger partial charge < -0.3 is 10.5 Å². The fourth-order valence-corrected chi connectivity index (χ4v) is 4.07. The highest BCUT2D eigenvalue weighted by atomic mass is 19.4. The summed E-state index contributed by atoms with van der Waals surface area (Å²) in [5.74, 6) is 0.313. The van der Waals surface area contributed by atoms with Crippen molar-refractivity contribution in [2.75, 3.05) is 24.5 Å². The van der Waals surface area contributed by atoms with Crippen LogP contribution in [0, 0.1) is 5.92 Å². The molecule has 0 aromatic heterocycles. The van der Waals surface area contributed by atoms with Crippen LogP contribution in [0.5, 0.6) is 0 Å². The molecule has 4 aliphatic rings. The predicted octanol–water partition coefficient (Wildman–Crippen LogP) is 2.93. The van der Waals surface area contributed by atoms with Crippen LogP contribution in [0.15, 0.2) is 36.2 Å². The summed E-state index contributed by atoms with van der Waals surface area (Å²) < 4.78 is 44.5. The first-order chi connectivity index (χ1) is 11.8. The van der Waals surface area contributed by atoms with Crippen LogP contribution in [-0.2, 0) is 10.9 Å². The third kappa shape index (κ3) is 2.64. The number of halogens is 3. The van der Waals surface area contributed by atoms with Gasteiger partial charge in [0.05, 0.1) is 11.3 Å². The number of fused-ring (bicyclic) bond motifs is 2. The zero-order valence-corrected chi connectivity index (χ0v) is 13.4. The van der Waals surface area contributed by atoms with Gasteiger partial charge in [-0.1, -0.05) is 6.07 Å². The van der Waals surface area contributed by atoms with E-state index >= 15 is 0 Å². The Morgan fingerprint density at radius 3 is 2.52 bits per heavy atom. The normalized spacial score (nSPS) is 31.9. The molecule has 3 saturated heterocycles. The van der Waals surface area contributed by atoms with Crippen molar-refractivity contribution in [3.63, 3.8) is 0 Å². The second kappa shape index (κ2) is 5.39. The average Bonchev–Trinajstić information content (AvgIpc) is 2.54. The minimum absolute atomic E-state index is 0.0460. The molecule has 1 aromatic carbocycles. The first-order valence-corrected chi connectivity index (χ1v) is 8.19. The zero-order valence-electron chi connectivity index (χ0n) is 13.4. The molecule has 5 nitrogen and oxygen atoms in total. The van der Waals surface area contributed by atoms with Crippen molar-refractivity contribution >= 4 is 11.8 Å². The lowest BCUT2D eigenvalue weighted by Crippen LogP contribution is -2.63. The smallest absolute Gasteiger partial charge is 0.421 e. The molecule has 0 radical (unpaired) electrons. The number of nitrogens with zero attached hydrogens (tertiary/aromatic N) is 2. The first kappa shape index (κ1) is 16.3. The fourth-order valence-electron chi connectivity index (χ4n) is 4.07. The summed E-state index contributed by atoms with van der Waals surface area (Å²) in [7, 11) is 0. The topological polar surface area (TPSA) is 58.8 Å². The predicted molar refractivity (Wildman–Crippen MR) is 84.6 cm³/mol. The van der Waals surface area contributed by atoms with Crippen LogP contribution >= 0.6 is 0 Å². The lowest BCUT2D eigenvalue weighted by atomic mass is 9.74. The maximum absolute atomic E-state index is 12.9. The van der Waals surface area contributed by atoms with Gasteiger partial charge in [-0.15, -0.1) is 0 Å². The highest BCUT2D eigenvalue weighted by molar-refractivity contribution is 5.92. The molecule has 0 aliphatic carbocycles. The summed E-state index contributed by atoms with van der Waals surface area (Å²) >= 11 is 0. The molecule has 2 bridgehead atoms. The summed E-state index contributed by atoms with van der Waals surface area (Å²) in [5, 5.41) is 0. The number of benzene rings is 1. The van der Waals surface area contributed by atoms with E-state index in [9.17, 15) is 18.0 Å². The van der Waals surface area contributed by atoms with Crippen LogP contribution < -0.4 is 10.6 Å². The molecule has 1 unspecified atom stereocenters. The molecule has 134 valence electrons. The molecule has 1 aromatic rings. The van der Waals surface area contributed by atoms with Gasteiger partial charge in [-0.05, 0) is 44.1 Å². The summed E-state index contributed by atoms with van der Waals surface area (Å²) in [4.78, 5) is 15.8. The van der Waals surface area contributed by atoms with Crippen molar-refractivity contribution in [1.82, 2.24) is 4.90 Å². The van der Waals surface area contributed by atoms with E-state index in [2.05, 4.69) is 4.90 Å². The lowest BCUT2D eigenvalue weighted by molar-refractivity contribution is -0.137. The molecule has 4 aliphatic heterocycles. The molecule has 1 spiro atoms. The van der Waals surface area contributed by atoms with Gasteiger partial charge in [0.1, 0.15) is 5.82 Å². The number of piperidine rings is 3. The molecule has 8 heteroatoms. The number of nitrogens with two attached hydrogens (primary N) is 1. The average molecular weight is 353 g/mol. The number of alkyl halides is 3. The van der Waals surface area contributed by atoms with E-state index in [-0.39, 0.29) is 17.4 Å². The molecule has 4 heterocycles. The second-order valence-electron chi connectivity index (χ2n) is 6.83. The molecule has 5 rings (SSSR count). The summed E-state index contributed by atoms with van der Waals surface area (Å²) in [6.07, 6.45) is -1.69. The molecule has 2 N–H and O–H groups in total. The first-order valence-electron chi connectivity index (χ1n) is 8.19. The number of hydrogen-bond donors (Lipinski definition) is 1. The number of anilines is 1. The van der Waals surface area contributed by atoms with Crippen molar-refractivity contribution in [3.8, 4) is 0 Å². The highest BCUT2D eigenvalue weighted by Crippen LogP contribution is 2.43. The van der Waals surface area contributed by atoms with Gasteiger partial charge in [-0.25, -0.2) is 9.69 Å². The molecule has 1 atom stereocenters. The number of carbonyl (C=O) groups is 1. The Kier molecular flexibility index (Phi) is 3.50. The minimum Gasteiger partial charge on any atom is -0.436 e. The Bertz CT molecular complexity index is 741. The molecule has 25 heavy (non-hydrogen) atoms. The van der Waals surface area contributed by atoms with E-state index in [4.69, 9.17) is 10.5 Å². The number of hydrogen-bond acceptors (Lipinski definition) is 4. The number of ether oxygens (including phenoxy) is 1. The maximum atomic E-state index is 12.9. The Balaban J connectivity index is 1.69. The second-order valence-corrected chi connectivity index (χ2v) is 6.83. The van der Waals surface area contributed by atoms with E-state index in [1.807, 2.05) is 0 Å². The molecule has 3 fully saturated rings. The monoisotopic (exact) mass is 353 g/mol. The highest BCUT2D eigenvalue weighted by Gasteiger charge is 2.51. The van der Waals surface area contributed by atoms with Crippen molar-refractivity contribution in [2.45, 2.75) is 24.6 Å². The number of amides is 1. The van der Waals surface area contributed by atoms with Crippen molar-refractivity contribution in [1.29, 1.82) is 0 Å².